The molecule has 0 fully saturated rings. The Morgan fingerprint density at radius 2 is 1.31 bits per heavy atom. The molecule has 2 aromatic carbocycles. The number of hydrogen-bond donors (Lipinski definition) is 0. The fourth-order valence-electron chi connectivity index (χ4n) is 4.35. The molecule has 2 heterocycles. The van der Waals surface area contributed by atoms with Crippen LogP contribution < -0.4 is 14.5 Å². The van der Waals surface area contributed by atoms with Crippen LogP contribution in [0.2, 0.25) is 0 Å². The van der Waals surface area contributed by atoms with Gasteiger partial charge in [0.15, 0.2) is 13.5 Å². The Labute approximate surface area is 209 Å². The normalized spacial score (nSPS) is 16.8. The van der Waals surface area contributed by atoms with Crippen molar-refractivity contribution < 1.29 is 14.2 Å². The van der Waals surface area contributed by atoms with Gasteiger partial charge in [-0.2, -0.15) is 0 Å². The predicted molar refractivity (Wildman–Crippen MR) is 144 cm³/mol. The lowest BCUT2D eigenvalue weighted by Crippen LogP contribution is -2.32. The van der Waals surface area contributed by atoms with Crippen LogP contribution in [0.1, 0.15) is 40.5 Å². The van der Waals surface area contributed by atoms with Gasteiger partial charge in [-0.25, -0.2) is 0 Å². The van der Waals surface area contributed by atoms with E-state index >= 15 is 0 Å². The molecule has 5 heteroatoms. The average Bonchev–Trinajstić information content (AvgIpc) is 2.90. The summed E-state index contributed by atoms with van der Waals surface area (Å²) < 4.78 is 18.2. The smallest absolute Gasteiger partial charge is 0.161 e. The van der Waals surface area contributed by atoms with Gasteiger partial charge < -0.3 is 24.0 Å². The van der Waals surface area contributed by atoms with Gasteiger partial charge in [0.2, 0.25) is 0 Å². The highest BCUT2D eigenvalue weighted by Crippen LogP contribution is 2.31. The third-order valence-corrected chi connectivity index (χ3v) is 6.32. The molecular formula is C30H36N2O3. The number of allylic oxidation sites excluding steroid dienone is 4. The lowest BCUT2D eigenvalue weighted by Gasteiger charge is -2.32. The molecule has 4 rings (SSSR count). The molecule has 0 unspecified atom stereocenters. The van der Waals surface area contributed by atoms with E-state index in [1.807, 2.05) is 50.3 Å². The number of hydrogen-bond acceptors (Lipinski definition) is 5. The molecule has 35 heavy (non-hydrogen) atoms. The molecule has 2 aromatic rings. The van der Waals surface area contributed by atoms with Crippen LogP contribution in [0.5, 0.6) is 11.5 Å². The number of benzene rings is 2. The van der Waals surface area contributed by atoms with Gasteiger partial charge in [0.05, 0.1) is 0 Å². The third kappa shape index (κ3) is 5.91. The second kappa shape index (κ2) is 11.7. The van der Waals surface area contributed by atoms with E-state index < -0.39 is 0 Å². The Balaban J connectivity index is 1.43. The van der Waals surface area contributed by atoms with Crippen LogP contribution in [0, 0.1) is 0 Å². The van der Waals surface area contributed by atoms with Crippen LogP contribution in [-0.2, 0) is 9.47 Å². The maximum atomic E-state index is 6.20. The molecule has 0 N–H and O–H groups in total. The molecule has 0 saturated heterocycles. The molecule has 0 bridgehead atoms. The molecule has 0 atom stereocenters. The lowest BCUT2D eigenvalue weighted by molar-refractivity contribution is 0.205. The molecule has 5 nitrogen and oxygen atoms in total. The summed E-state index contributed by atoms with van der Waals surface area (Å²) in [6.45, 7) is 11.2. The number of anilines is 2. The molecule has 184 valence electrons. The van der Waals surface area contributed by atoms with E-state index in [0.29, 0.717) is 13.5 Å². The van der Waals surface area contributed by atoms with Crippen LogP contribution >= 0.6 is 0 Å². The van der Waals surface area contributed by atoms with E-state index in [4.69, 9.17) is 14.2 Å². The van der Waals surface area contributed by atoms with Gasteiger partial charge in [-0.05, 0) is 86.4 Å². The monoisotopic (exact) mass is 472 g/mol. The maximum absolute atomic E-state index is 6.20. The topological polar surface area (TPSA) is 34.2 Å². The van der Waals surface area contributed by atoms with Crippen molar-refractivity contribution in [2.75, 3.05) is 36.4 Å². The number of rotatable bonds is 8. The van der Waals surface area contributed by atoms with Crippen molar-refractivity contribution in [2.45, 2.75) is 40.5 Å². The summed E-state index contributed by atoms with van der Waals surface area (Å²) in [5.41, 5.74) is 4.83. The van der Waals surface area contributed by atoms with Crippen LogP contribution in [0.4, 0.5) is 11.4 Å². The van der Waals surface area contributed by atoms with E-state index in [1.165, 1.54) is 11.1 Å². The van der Waals surface area contributed by atoms with E-state index in [1.54, 1.807) is 0 Å². The first-order chi connectivity index (χ1) is 17.1. The van der Waals surface area contributed by atoms with Crippen molar-refractivity contribution in [1.29, 1.82) is 0 Å². The molecular weight excluding hydrogens is 436 g/mol. The van der Waals surface area contributed by atoms with Crippen molar-refractivity contribution >= 4 is 11.4 Å². The molecule has 0 saturated carbocycles. The van der Waals surface area contributed by atoms with Crippen LogP contribution in [-0.4, -0.2) is 26.6 Å². The number of ether oxygens (including phenoxy) is 3. The average molecular weight is 473 g/mol. The predicted octanol–water partition coefficient (Wildman–Crippen LogP) is 7.55. The fraction of sp³-hybridized carbons (Fsp3) is 0.333. The van der Waals surface area contributed by atoms with Crippen LogP contribution in [0.15, 0.2) is 95.5 Å². The Bertz CT molecular complexity index is 1130. The number of nitrogens with zero attached hydrogens (tertiary/aromatic N) is 2. The second-order valence-electron chi connectivity index (χ2n) is 8.68. The highest BCUT2D eigenvalue weighted by atomic mass is 16.5. The van der Waals surface area contributed by atoms with Gasteiger partial charge in [0.1, 0.15) is 23.0 Å². The first-order valence-corrected chi connectivity index (χ1v) is 12.5. The SMILES string of the molecule is C/C=C\C1=C(CC)CN(c2ccc(Oc3cccc(N4COC(/C=C\C)=C(CC)C4)c3)cc2)CO1. The molecule has 2 aliphatic rings. The molecule has 0 aliphatic carbocycles. The second-order valence-corrected chi connectivity index (χ2v) is 8.68. The third-order valence-electron chi connectivity index (χ3n) is 6.32. The van der Waals surface area contributed by atoms with E-state index in [-0.39, 0.29) is 0 Å². The zero-order valence-electron chi connectivity index (χ0n) is 21.3. The first-order valence-electron chi connectivity index (χ1n) is 12.5. The van der Waals surface area contributed by atoms with Crippen molar-refractivity contribution in [3.05, 3.63) is 95.5 Å². The summed E-state index contributed by atoms with van der Waals surface area (Å²) in [4.78, 5) is 4.48. The largest absolute Gasteiger partial charge is 0.473 e. The summed E-state index contributed by atoms with van der Waals surface area (Å²) in [5.74, 6) is 3.62. The highest BCUT2D eigenvalue weighted by molar-refractivity contribution is 5.55. The lowest BCUT2D eigenvalue weighted by atomic mass is 10.1. The Morgan fingerprint density at radius 3 is 1.86 bits per heavy atom. The van der Waals surface area contributed by atoms with Gasteiger partial charge in [-0.1, -0.05) is 32.1 Å². The van der Waals surface area contributed by atoms with Crippen molar-refractivity contribution in [3.8, 4) is 11.5 Å². The van der Waals surface area contributed by atoms with Gasteiger partial charge in [-0.3, -0.25) is 0 Å². The molecule has 2 aliphatic heterocycles. The summed E-state index contributed by atoms with van der Waals surface area (Å²) in [6, 6.07) is 16.4. The maximum Gasteiger partial charge on any atom is 0.161 e. The van der Waals surface area contributed by atoms with Gasteiger partial charge in [0.25, 0.3) is 0 Å². The van der Waals surface area contributed by atoms with Crippen LogP contribution in [0.25, 0.3) is 0 Å². The fourth-order valence-corrected chi connectivity index (χ4v) is 4.35. The minimum Gasteiger partial charge on any atom is -0.473 e. The molecule has 0 amide bonds. The zero-order valence-corrected chi connectivity index (χ0v) is 21.3. The quantitative estimate of drug-likeness (QED) is 0.396. The standard InChI is InChI=1S/C30H36N2O3/c1-5-10-29-23(7-3)19-31(21-33-29)25-14-16-27(17-15-25)35-28-13-9-12-26(18-28)32-20-24(8-4)30(11-6-2)34-22-32/h5-6,9-18H,7-8,19-22H2,1-4H3/b10-5-,11-6-. The molecule has 0 spiro atoms. The summed E-state index contributed by atoms with van der Waals surface area (Å²) in [6.07, 6.45) is 10.1. The van der Waals surface area contributed by atoms with Crippen molar-refractivity contribution in [1.82, 2.24) is 0 Å². The molecule has 0 aromatic heterocycles. The summed E-state index contributed by atoms with van der Waals surface area (Å²) in [5, 5.41) is 0. The van der Waals surface area contributed by atoms with Gasteiger partial charge in [0, 0.05) is 30.5 Å². The Kier molecular flexibility index (Phi) is 8.19. The van der Waals surface area contributed by atoms with E-state index in [9.17, 15) is 0 Å². The Morgan fingerprint density at radius 1 is 0.743 bits per heavy atom. The highest BCUT2D eigenvalue weighted by Gasteiger charge is 2.19. The van der Waals surface area contributed by atoms with Crippen molar-refractivity contribution in [2.24, 2.45) is 0 Å². The Hall–Kier alpha value is -3.60. The van der Waals surface area contributed by atoms with Crippen LogP contribution in [0.3, 0.4) is 0 Å². The zero-order chi connectivity index (χ0) is 24.6. The first kappa shape index (κ1) is 24.5. The summed E-state index contributed by atoms with van der Waals surface area (Å²) >= 11 is 0. The van der Waals surface area contributed by atoms with E-state index in [0.717, 1.165) is 60.3 Å². The van der Waals surface area contributed by atoms with Gasteiger partial charge >= 0.3 is 0 Å². The van der Waals surface area contributed by atoms with E-state index in [2.05, 4.69) is 60.1 Å². The minimum atomic E-state index is 0.531. The summed E-state index contributed by atoms with van der Waals surface area (Å²) in [7, 11) is 0. The molecule has 0 radical (unpaired) electrons. The van der Waals surface area contributed by atoms with Crippen molar-refractivity contribution in [3.63, 3.8) is 0 Å². The minimum absolute atomic E-state index is 0.531. The van der Waals surface area contributed by atoms with Gasteiger partial charge in [-0.15, -0.1) is 0 Å².